The van der Waals surface area contributed by atoms with Gasteiger partial charge in [0.25, 0.3) is 5.91 Å². The van der Waals surface area contributed by atoms with Crippen molar-refractivity contribution >= 4 is 17.5 Å². The largest absolute Gasteiger partial charge is 0.416 e. The number of alkyl halides is 3. The smallest absolute Gasteiger partial charge is 0.397 e. The van der Waals surface area contributed by atoms with Crippen molar-refractivity contribution in [2.45, 2.75) is 49.9 Å². The molecule has 0 unspecified atom stereocenters. The molecule has 4 N–H and O–H groups in total. The Morgan fingerprint density at radius 2 is 1.82 bits per heavy atom. The molecule has 1 aromatic heterocycles. The first-order valence-electron chi connectivity index (χ1n) is 11.4. The number of benzene rings is 1. The van der Waals surface area contributed by atoms with Crippen molar-refractivity contribution < 1.29 is 22.8 Å². The van der Waals surface area contributed by atoms with Gasteiger partial charge in [0.1, 0.15) is 0 Å². The van der Waals surface area contributed by atoms with Gasteiger partial charge in [-0.05, 0) is 61.4 Å². The summed E-state index contributed by atoms with van der Waals surface area (Å²) in [6.07, 6.45) is 3.31. The average Bonchev–Trinajstić information content (AvgIpc) is 2.79. The Labute approximate surface area is 195 Å². The van der Waals surface area contributed by atoms with Crippen LogP contribution in [0.25, 0.3) is 0 Å². The number of carbonyl (C=O) groups is 2. The molecule has 2 aromatic rings. The van der Waals surface area contributed by atoms with E-state index in [1.165, 1.54) is 17.7 Å². The predicted octanol–water partition coefficient (Wildman–Crippen LogP) is 2.94. The summed E-state index contributed by atoms with van der Waals surface area (Å²) in [5, 5.41) is 5.26. The molecule has 10 heteroatoms. The van der Waals surface area contributed by atoms with Crippen LogP contribution in [-0.2, 0) is 11.0 Å². The van der Waals surface area contributed by atoms with Crippen LogP contribution < -0.4 is 16.4 Å². The molecule has 0 spiro atoms. The zero-order valence-electron chi connectivity index (χ0n) is 18.6. The first-order valence-corrected chi connectivity index (χ1v) is 11.4. The maximum atomic E-state index is 12.8. The number of carbonyl (C=O) groups excluding carboxylic acids is 2. The molecule has 4 rings (SSSR count). The van der Waals surface area contributed by atoms with Crippen molar-refractivity contribution in [3.8, 4) is 0 Å². The van der Waals surface area contributed by atoms with Gasteiger partial charge in [0.05, 0.1) is 23.8 Å². The molecule has 2 amide bonds. The van der Waals surface area contributed by atoms with E-state index in [9.17, 15) is 22.8 Å². The molecule has 7 nitrogen and oxygen atoms in total. The lowest BCUT2D eigenvalue weighted by Gasteiger charge is -2.46. The van der Waals surface area contributed by atoms with Crippen LogP contribution in [0.5, 0.6) is 0 Å². The molecule has 182 valence electrons. The molecule has 34 heavy (non-hydrogen) atoms. The van der Waals surface area contributed by atoms with Gasteiger partial charge in [-0.15, -0.1) is 0 Å². The van der Waals surface area contributed by atoms with E-state index in [4.69, 9.17) is 5.73 Å². The van der Waals surface area contributed by atoms with Gasteiger partial charge in [-0.3, -0.25) is 19.5 Å². The molecule has 1 saturated carbocycles. The highest BCUT2D eigenvalue weighted by Crippen LogP contribution is 2.36. The van der Waals surface area contributed by atoms with Gasteiger partial charge in [-0.25, -0.2) is 0 Å². The van der Waals surface area contributed by atoms with Crippen molar-refractivity contribution in [3.05, 3.63) is 59.4 Å². The molecular weight excluding hydrogens is 447 g/mol. The van der Waals surface area contributed by atoms with E-state index in [-0.39, 0.29) is 24.1 Å². The summed E-state index contributed by atoms with van der Waals surface area (Å²) in [6, 6.07) is 6.61. The highest BCUT2D eigenvalue weighted by atomic mass is 19.4. The number of amides is 2. The van der Waals surface area contributed by atoms with Crippen molar-refractivity contribution in [1.82, 2.24) is 20.5 Å². The number of anilines is 1. The van der Waals surface area contributed by atoms with Crippen LogP contribution in [0.2, 0.25) is 0 Å². The Kier molecular flexibility index (Phi) is 7.06. The number of aromatic nitrogens is 1. The van der Waals surface area contributed by atoms with Crippen LogP contribution in [0.3, 0.4) is 0 Å². The third-order valence-electron chi connectivity index (χ3n) is 6.60. The van der Waals surface area contributed by atoms with Crippen molar-refractivity contribution in [2.75, 3.05) is 25.4 Å². The van der Waals surface area contributed by atoms with Gasteiger partial charge in [0, 0.05) is 37.1 Å². The van der Waals surface area contributed by atoms with Gasteiger partial charge < -0.3 is 16.4 Å². The monoisotopic (exact) mass is 475 g/mol. The average molecular weight is 476 g/mol. The second kappa shape index (κ2) is 10.0. The molecule has 1 aromatic carbocycles. The van der Waals surface area contributed by atoms with E-state index in [0.29, 0.717) is 17.6 Å². The van der Waals surface area contributed by atoms with E-state index >= 15 is 0 Å². The van der Waals surface area contributed by atoms with Crippen LogP contribution in [0.4, 0.5) is 18.9 Å². The zero-order valence-corrected chi connectivity index (χ0v) is 18.6. The Bertz CT molecular complexity index is 1030. The fourth-order valence-corrected chi connectivity index (χ4v) is 4.75. The molecular formula is C24H28F3N5O2. The van der Waals surface area contributed by atoms with Gasteiger partial charge in [0.15, 0.2) is 0 Å². The fraction of sp³-hybridized carbons (Fsp3) is 0.458. The lowest BCUT2D eigenvalue weighted by Crippen LogP contribution is -2.63. The lowest BCUT2D eigenvalue weighted by atomic mass is 9.80. The van der Waals surface area contributed by atoms with Crippen LogP contribution in [0, 0.1) is 0 Å². The number of nitrogens with zero attached hydrogens (tertiary/aromatic N) is 2. The number of halogens is 3. The molecule has 1 aliphatic heterocycles. The normalized spacial score (nSPS) is 21.5. The third-order valence-corrected chi connectivity index (χ3v) is 6.60. The number of likely N-dealkylation sites (tertiary alicyclic amines) is 1. The Morgan fingerprint density at radius 1 is 1.09 bits per heavy atom. The third kappa shape index (κ3) is 5.85. The number of rotatable bonds is 6. The molecule has 1 saturated heterocycles. The summed E-state index contributed by atoms with van der Waals surface area (Å²) in [7, 11) is 0. The van der Waals surface area contributed by atoms with Crippen molar-refractivity contribution in [1.29, 1.82) is 0 Å². The summed E-state index contributed by atoms with van der Waals surface area (Å²) in [4.78, 5) is 30.9. The minimum Gasteiger partial charge on any atom is -0.397 e. The van der Waals surface area contributed by atoms with Gasteiger partial charge in [-0.1, -0.05) is 6.07 Å². The highest BCUT2D eigenvalue weighted by molar-refractivity contribution is 5.96. The fourth-order valence-electron chi connectivity index (χ4n) is 4.75. The minimum atomic E-state index is -4.53. The Balaban J connectivity index is 1.16. The van der Waals surface area contributed by atoms with Crippen molar-refractivity contribution in [3.63, 3.8) is 0 Å². The van der Waals surface area contributed by atoms with E-state index in [1.807, 2.05) is 12.3 Å². The summed E-state index contributed by atoms with van der Waals surface area (Å²) in [6.45, 7) is 1.22. The number of hydrogen-bond donors (Lipinski definition) is 3. The molecule has 0 radical (unpaired) electrons. The quantitative estimate of drug-likeness (QED) is 0.597. The van der Waals surface area contributed by atoms with Crippen LogP contribution in [0.1, 0.15) is 53.1 Å². The van der Waals surface area contributed by atoms with Crippen molar-refractivity contribution in [2.24, 2.45) is 0 Å². The van der Waals surface area contributed by atoms with E-state index in [1.54, 1.807) is 6.20 Å². The highest BCUT2D eigenvalue weighted by Gasteiger charge is 2.35. The minimum absolute atomic E-state index is 0.00815. The molecule has 0 bridgehead atoms. The van der Waals surface area contributed by atoms with Gasteiger partial charge >= 0.3 is 6.18 Å². The van der Waals surface area contributed by atoms with Gasteiger partial charge in [-0.2, -0.15) is 13.2 Å². The molecule has 2 aliphatic rings. The number of pyridine rings is 1. The predicted molar refractivity (Wildman–Crippen MR) is 121 cm³/mol. The van der Waals surface area contributed by atoms with E-state index in [2.05, 4.69) is 20.5 Å². The standard InChI is InChI=1S/C24H28F3N5O2/c25-24(26,27)18-3-1-2-16(8-18)23(34)30-12-22(33)31-20-13-32(14-20)21-6-4-15(5-7-21)17-9-19(28)11-29-10-17/h1-3,8-11,15,20-21H,4-7,12-14,28H2,(H,30,34)(H,31,33). The number of hydrogen-bond acceptors (Lipinski definition) is 5. The van der Waals surface area contributed by atoms with Crippen LogP contribution in [-0.4, -0.2) is 53.4 Å². The number of nitrogen functional groups attached to an aromatic ring is 1. The molecule has 0 atom stereocenters. The summed E-state index contributed by atoms with van der Waals surface area (Å²) < 4.78 is 38.4. The second-order valence-corrected chi connectivity index (χ2v) is 9.04. The maximum absolute atomic E-state index is 12.8. The second-order valence-electron chi connectivity index (χ2n) is 9.04. The topological polar surface area (TPSA) is 100 Å². The molecule has 1 aliphatic carbocycles. The molecule has 2 fully saturated rings. The zero-order chi connectivity index (χ0) is 24.3. The summed E-state index contributed by atoms with van der Waals surface area (Å²) >= 11 is 0. The van der Waals surface area contributed by atoms with Crippen LogP contribution in [0.15, 0.2) is 42.7 Å². The number of nitrogens with one attached hydrogen (secondary N) is 2. The summed E-state index contributed by atoms with van der Waals surface area (Å²) in [5.74, 6) is -0.601. The maximum Gasteiger partial charge on any atom is 0.416 e. The number of nitrogens with two attached hydrogens (primary N) is 1. The lowest BCUT2D eigenvalue weighted by molar-refractivity contribution is -0.137. The van der Waals surface area contributed by atoms with E-state index in [0.717, 1.165) is 50.9 Å². The van der Waals surface area contributed by atoms with E-state index < -0.39 is 17.6 Å². The first kappa shape index (κ1) is 24.0. The summed E-state index contributed by atoms with van der Waals surface area (Å²) in [5.41, 5.74) is 6.69. The Hall–Kier alpha value is -3.14. The van der Waals surface area contributed by atoms with Gasteiger partial charge in [0.2, 0.25) is 5.91 Å². The Morgan fingerprint density at radius 3 is 2.50 bits per heavy atom. The molecule has 2 heterocycles. The first-order chi connectivity index (χ1) is 16.2. The SMILES string of the molecule is Nc1cncc(C2CCC(N3CC(NC(=O)CNC(=O)c4cccc(C(F)(F)F)c4)C3)CC2)c1. The van der Waals surface area contributed by atoms with Crippen LogP contribution >= 0.6 is 0 Å².